The maximum Gasteiger partial charge on any atom is 0.327 e. The quantitative estimate of drug-likeness (QED) is 0.391. The van der Waals surface area contributed by atoms with Crippen LogP contribution in [0.5, 0.6) is 0 Å². The molecule has 184 valence electrons. The number of amides is 4. The second kappa shape index (κ2) is 8.32. The fraction of sp³-hybridized carbons (Fsp3) is 0.667. The second-order valence-corrected chi connectivity index (χ2v) is 10.1. The zero-order valence-electron chi connectivity index (χ0n) is 19.6. The van der Waals surface area contributed by atoms with E-state index >= 15 is 0 Å². The summed E-state index contributed by atoms with van der Waals surface area (Å²) in [5.74, 6) is -11.3. The van der Waals surface area contributed by atoms with E-state index in [1.807, 2.05) is 0 Å². The number of carboxylic acids is 2. The van der Waals surface area contributed by atoms with Crippen LogP contribution in [0.25, 0.3) is 0 Å². The standard InChI is InChI=1S/C24H30N2O8/c1-5-9(3)17(23(31)32)25-19(27)13-11-7-8-12(14(13)20(25)28)16-15(11)21(29)26(22(16)30)18(24(33)34)10(4)6-2/h7-18H,5-6H2,1-4H3,(H,31,32)(H,33,34)/t9-,10-,11?,12?,13?,14?,15?,16?,17-,18-/m0/s1. The number of carboxylic acid groups (broad SMARTS) is 2. The van der Waals surface area contributed by atoms with Crippen molar-refractivity contribution in [1.82, 2.24) is 9.80 Å². The Bertz CT molecular complexity index is 883. The molecule has 1 saturated carbocycles. The van der Waals surface area contributed by atoms with Crippen molar-refractivity contribution < 1.29 is 39.0 Å². The predicted molar refractivity (Wildman–Crippen MR) is 116 cm³/mol. The average molecular weight is 475 g/mol. The zero-order chi connectivity index (χ0) is 25.2. The third-order valence-corrected chi connectivity index (χ3v) is 8.51. The summed E-state index contributed by atoms with van der Waals surface area (Å²) in [4.78, 5) is 79.5. The molecule has 3 aliphatic carbocycles. The van der Waals surface area contributed by atoms with E-state index in [9.17, 15) is 39.0 Å². The van der Waals surface area contributed by atoms with Gasteiger partial charge in [-0.05, 0) is 11.8 Å². The van der Waals surface area contributed by atoms with Gasteiger partial charge in [0.25, 0.3) is 0 Å². The highest BCUT2D eigenvalue weighted by Crippen LogP contribution is 2.58. The molecule has 0 aromatic heterocycles. The molecular formula is C24H30N2O8. The molecule has 4 unspecified atom stereocenters. The Morgan fingerprint density at radius 2 is 0.971 bits per heavy atom. The fourth-order valence-corrected chi connectivity index (χ4v) is 6.48. The van der Waals surface area contributed by atoms with Crippen molar-refractivity contribution in [2.24, 2.45) is 47.3 Å². The Labute approximate surface area is 196 Å². The molecule has 0 aromatic carbocycles. The number of aliphatic carboxylic acids is 2. The normalized spacial score (nSPS) is 35.3. The van der Waals surface area contributed by atoms with Gasteiger partial charge in [-0.2, -0.15) is 0 Å². The number of hydrogen-bond donors (Lipinski definition) is 2. The lowest BCUT2D eigenvalue weighted by Crippen LogP contribution is -2.50. The summed E-state index contributed by atoms with van der Waals surface area (Å²) in [5, 5.41) is 19.6. The molecule has 34 heavy (non-hydrogen) atoms. The van der Waals surface area contributed by atoms with E-state index in [0.29, 0.717) is 12.8 Å². The minimum Gasteiger partial charge on any atom is -0.480 e. The highest BCUT2D eigenvalue weighted by atomic mass is 16.4. The lowest BCUT2D eigenvalue weighted by Gasteiger charge is -2.44. The molecule has 2 N–H and O–H groups in total. The van der Waals surface area contributed by atoms with Gasteiger partial charge < -0.3 is 10.2 Å². The Morgan fingerprint density at radius 3 is 1.18 bits per heavy atom. The van der Waals surface area contributed by atoms with Gasteiger partial charge in [0, 0.05) is 11.8 Å². The van der Waals surface area contributed by atoms with Crippen molar-refractivity contribution in [3.8, 4) is 0 Å². The maximum atomic E-state index is 13.5. The summed E-state index contributed by atoms with van der Waals surface area (Å²) in [6.07, 6.45) is 4.23. The first kappa shape index (κ1) is 24.1. The molecule has 2 bridgehead atoms. The van der Waals surface area contributed by atoms with Crippen LogP contribution in [0.4, 0.5) is 0 Å². The lowest BCUT2D eigenvalue weighted by molar-refractivity contribution is -0.158. The third kappa shape index (κ3) is 3.06. The summed E-state index contributed by atoms with van der Waals surface area (Å²) >= 11 is 0. The highest BCUT2D eigenvalue weighted by molar-refractivity contribution is 6.13. The van der Waals surface area contributed by atoms with Gasteiger partial charge in [0.05, 0.1) is 23.7 Å². The number of carbonyl (C=O) groups is 6. The molecule has 2 aliphatic heterocycles. The predicted octanol–water partition coefficient (Wildman–Crippen LogP) is 1.00. The van der Waals surface area contributed by atoms with Gasteiger partial charge in [0.15, 0.2) is 0 Å². The smallest absolute Gasteiger partial charge is 0.327 e. The summed E-state index contributed by atoms with van der Waals surface area (Å²) in [7, 11) is 0. The number of nitrogens with zero attached hydrogens (tertiary/aromatic N) is 2. The SMILES string of the molecule is CC[C@H](C)[C@@H](C(=O)O)N1C(=O)C2C3C=CC(C2C1=O)C1C(=O)N([C@H](C(=O)O)[C@@H](C)CC)C(=O)C31. The summed E-state index contributed by atoms with van der Waals surface area (Å²) in [5.41, 5.74) is 0. The Balaban J connectivity index is 1.73. The average Bonchev–Trinajstić information content (AvgIpc) is 3.22. The van der Waals surface area contributed by atoms with E-state index in [0.717, 1.165) is 9.80 Å². The zero-order valence-corrected chi connectivity index (χ0v) is 19.6. The molecule has 0 aromatic rings. The minimum absolute atomic E-state index is 0.442. The van der Waals surface area contributed by atoms with E-state index < -0.39 is 95.0 Å². The topological polar surface area (TPSA) is 149 Å². The van der Waals surface area contributed by atoms with Crippen molar-refractivity contribution in [3.05, 3.63) is 12.2 Å². The monoisotopic (exact) mass is 474 g/mol. The lowest BCUT2D eigenvalue weighted by atomic mass is 9.54. The number of likely N-dealkylation sites (tertiary alicyclic amines) is 2. The van der Waals surface area contributed by atoms with E-state index in [-0.39, 0.29) is 0 Å². The Morgan fingerprint density at radius 1 is 0.706 bits per heavy atom. The first-order valence-electron chi connectivity index (χ1n) is 11.9. The van der Waals surface area contributed by atoms with Crippen LogP contribution in [-0.4, -0.2) is 67.7 Å². The third-order valence-electron chi connectivity index (χ3n) is 8.51. The number of hydrogen-bond acceptors (Lipinski definition) is 6. The molecule has 2 saturated heterocycles. The largest absolute Gasteiger partial charge is 0.480 e. The number of carbonyl (C=O) groups excluding carboxylic acids is 4. The summed E-state index contributed by atoms with van der Waals surface area (Å²) in [6, 6.07) is -2.64. The molecule has 10 nitrogen and oxygen atoms in total. The number of allylic oxidation sites excluding steroid dienone is 2. The first-order chi connectivity index (χ1) is 16.0. The van der Waals surface area contributed by atoms with E-state index in [1.165, 1.54) is 0 Å². The molecule has 4 amide bonds. The Hall–Kier alpha value is -3.04. The van der Waals surface area contributed by atoms with Crippen LogP contribution >= 0.6 is 0 Å². The molecule has 10 heteroatoms. The first-order valence-corrected chi connectivity index (χ1v) is 11.9. The van der Waals surface area contributed by atoms with Crippen LogP contribution in [0.2, 0.25) is 0 Å². The van der Waals surface area contributed by atoms with Crippen molar-refractivity contribution in [1.29, 1.82) is 0 Å². The van der Waals surface area contributed by atoms with Crippen LogP contribution in [0, 0.1) is 47.3 Å². The Kier molecular flexibility index (Phi) is 5.90. The molecule has 0 spiro atoms. The van der Waals surface area contributed by atoms with Gasteiger partial charge in [-0.1, -0.05) is 52.7 Å². The second-order valence-electron chi connectivity index (χ2n) is 10.1. The maximum absolute atomic E-state index is 13.5. The van der Waals surface area contributed by atoms with Crippen LogP contribution in [0.3, 0.4) is 0 Å². The summed E-state index contributed by atoms with van der Waals surface area (Å²) < 4.78 is 0. The molecular weight excluding hydrogens is 444 g/mol. The van der Waals surface area contributed by atoms with Crippen molar-refractivity contribution in [2.75, 3.05) is 0 Å². The van der Waals surface area contributed by atoms with Crippen molar-refractivity contribution in [2.45, 2.75) is 52.6 Å². The highest BCUT2D eigenvalue weighted by Gasteiger charge is 2.70. The molecule has 3 fully saturated rings. The van der Waals surface area contributed by atoms with Gasteiger partial charge in [0.2, 0.25) is 23.6 Å². The van der Waals surface area contributed by atoms with Crippen LogP contribution < -0.4 is 0 Å². The fourth-order valence-electron chi connectivity index (χ4n) is 6.48. The number of imide groups is 2. The number of rotatable bonds is 8. The van der Waals surface area contributed by atoms with Gasteiger partial charge in [-0.3, -0.25) is 29.0 Å². The summed E-state index contributed by atoms with van der Waals surface area (Å²) in [6.45, 7) is 6.87. The van der Waals surface area contributed by atoms with Gasteiger partial charge in [-0.25, -0.2) is 9.59 Å². The van der Waals surface area contributed by atoms with E-state index in [2.05, 4.69) is 0 Å². The molecule has 8 atom stereocenters. The van der Waals surface area contributed by atoms with E-state index in [1.54, 1.807) is 39.8 Å². The van der Waals surface area contributed by atoms with Crippen LogP contribution in [0.1, 0.15) is 40.5 Å². The van der Waals surface area contributed by atoms with Crippen molar-refractivity contribution in [3.63, 3.8) is 0 Å². The van der Waals surface area contributed by atoms with Crippen LogP contribution in [-0.2, 0) is 28.8 Å². The molecule has 5 rings (SSSR count). The van der Waals surface area contributed by atoms with Crippen molar-refractivity contribution >= 4 is 35.6 Å². The van der Waals surface area contributed by atoms with Crippen LogP contribution in [0.15, 0.2) is 12.2 Å². The molecule has 2 heterocycles. The van der Waals surface area contributed by atoms with E-state index in [4.69, 9.17) is 0 Å². The van der Waals surface area contributed by atoms with Gasteiger partial charge in [-0.15, -0.1) is 0 Å². The molecule has 0 radical (unpaired) electrons. The molecule has 5 aliphatic rings. The van der Waals surface area contributed by atoms with Gasteiger partial charge in [0.1, 0.15) is 12.1 Å². The van der Waals surface area contributed by atoms with Gasteiger partial charge >= 0.3 is 11.9 Å². The minimum atomic E-state index is -1.32.